The maximum atomic E-state index is 5.93. The second-order valence-corrected chi connectivity index (χ2v) is 9.89. The number of anilines is 1. The van der Waals surface area contributed by atoms with E-state index >= 15 is 0 Å². The van der Waals surface area contributed by atoms with Crippen molar-refractivity contribution in [3.8, 4) is 0 Å². The van der Waals surface area contributed by atoms with Gasteiger partial charge in [-0.2, -0.15) is 0 Å². The summed E-state index contributed by atoms with van der Waals surface area (Å²) < 4.78 is 2.60. The summed E-state index contributed by atoms with van der Waals surface area (Å²) >= 11 is 5.93. The van der Waals surface area contributed by atoms with E-state index in [9.17, 15) is 0 Å². The highest BCUT2D eigenvalue weighted by Gasteiger charge is 2.42. The lowest BCUT2D eigenvalue weighted by Gasteiger charge is -2.30. The van der Waals surface area contributed by atoms with Crippen LogP contribution in [0.25, 0.3) is 0 Å². The number of nitrogens with one attached hydrogen (secondary N) is 1. The molecule has 33 heavy (non-hydrogen) atoms. The van der Waals surface area contributed by atoms with Gasteiger partial charge in [-0.3, -0.25) is 4.98 Å². The minimum absolute atomic E-state index is 0.00450. The van der Waals surface area contributed by atoms with Crippen LogP contribution in [0.4, 0.5) is 5.69 Å². The fourth-order valence-corrected chi connectivity index (χ4v) is 6.19. The van der Waals surface area contributed by atoms with Gasteiger partial charge >= 0.3 is 0 Å². The van der Waals surface area contributed by atoms with Crippen molar-refractivity contribution in [3.05, 3.63) is 82.9 Å². The van der Waals surface area contributed by atoms with Gasteiger partial charge in [-0.1, -0.05) is 44.4 Å². The van der Waals surface area contributed by atoms with Crippen molar-refractivity contribution in [2.75, 3.05) is 4.90 Å². The number of thiocarbonyl (C=S) groups is 1. The minimum atomic E-state index is 0.00450. The number of pyridine rings is 1. The Labute approximate surface area is 203 Å². The van der Waals surface area contributed by atoms with E-state index in [4.69, 9.17) is 17.2 Å². The Bertz CT molecular complexity index is 1110. The Morgan fingerprint density at radius 1 is 1.03 bits per heavy atom. The quantitative estimate of drug-likeness (QED) is 0.429. The zero-order chi connectivity index (χ0) is 22.9. The molecule has 1 N–H and O–H groups in total. The topological polar surface area (TPSA) is 33.1 Å². The molecular formula is C28H34N4S. The van der Waals surface area contributed by atoms with Crippen molar-refractivity contribution in [1.29, 1.82) is 0 Å². The van der Waals surface area contributed by atoms with E-state index in [0.717, 1.165) is 22.9 Å². The molecule has 0 bridgehead atoms. The highest BCUT2D eigenvalue weighted by atomic mass is 32.1. The summed E-state index contributed by atoms with van der Waals surface area (Å²) in [4.78, 5) is 7.03. The predicted molar refractivity (Wildman–Crippen MR) is 140 cm³/mol. The monoisotopic (exact) mass is 458 g/mol. The number of hydrogen-bond donors (Lipinski definition) is 1. The van der Waals surface area contributed by atoms with Gasteiger partial charge in [-0.25, -0.2) is 0 Å². The molecule has 172 valence electrons. The van der Waals surface area contributed by atoms with Gasteiger partial charge in [0.05, 0.1) is 17.8 Å². The summed E-state index contributed by atoms with van der Waals surface area (Å²) in [6.45, 7) is 6.76. The first kappa shape index (κ1) is 22.1. The van der Waals surface area contributed by atoms with Gasteiger partial charge in [0, 0.05) is 29.3 Å². The Balaban J connectivity index is 1.61. The third kappa shape index (κ3) is 4.08. The average Bonchev–Trinajstić information content (AvgIpc) is 3.35. The number of hydrogen-bond acceptors (Lipinski definition) is 2. The van der Waals surface area contributed by atoms with Crippen LogP contribution in [0, 0.1) is 13.8 Å². The third-order valence-corrected chi connectivity index (χ3v) is 7.82. The molecule has 0 amide bonds. The van der Waals surface area contributed by atoms with Crippen LogP contribution in [0.1, 0.15) is 85.4 Å². The second-order valence-electron chi connectivity index (χ2n) is 9.50. The summed E-state index contributed by atoms with van der Waals surface area (Å²) in [5.41, 5.74) is 7.57. The largest absolute Gasteiger partial charge is 0.351 e. The molecule has 1 aromatic carbocycles. The smallest absolute Gasteiger partial charge is 0.174 e. The van der Waals surface area contributed by atoms with Crippen molar-refractivity contribution >= 4 is 23.0 Å². The first-order valence-electron chi connectivity index (χ1n) is 12.4. The lowest BCUT2D eigenvalue weighted by molar-refractivity contribution is 0.345. The molecule has 4 nitrogen and oxygen atoms in total. The zero-order valence-electron chi connectivity index (χ0n) is 19.9. The maximum Gasteiger partial charge on any atom is 0.174 e. The molecule has 1 aliphatic heterocycles. The number of benzene rings is 1. The lowest BCUT2D eigenvalue weighted by atomic mass is 9.94. The van der Waals surface area contributed by atoms with E-state index in [1.54, 1.807) is 0 Å². The molecule has 3 heterocycles. The molecule has 2 fully saturated rings. The maximum absolute atomic E-state index is 5.93. The number of nitrogens with zero attached hydrogens (tertiary/aromatic N) is 3. The van der Waals surface area contributed by atoms with E-state index in [2.05, 4.69) is 78.0 Å². The van der Waals surface area contributed by atoms with Gasteiger partial charge in [-0.15, -0.1) is 0 Å². The fourth-order valence-electron chi connectivity index (χ4n) is 5.84. The van der Waals surface area contributed by atoms with Crippen LogP contribution < -0.4 is 10.2 Å². The second kappa shape index (κ2) is 9.30. The van der Waals surface area contributed by atoms with Crippen LogP contribution in [0.15, 0.2) is 54.7 Å². The van der Waals surface area contributed by atoms with Crippen LogP contribution in [0.3, 0.4) is 0 Å². The first-order chi connectivity index (χ1) is 16.1. The lowest BCUT2D eigenvalue weighted by Crippen LogP contribution is -2.29. The van der Waals surface area contributed by atoms with Crippen molar-refractivity contribution in [2.45, 2.75) is 77.4 Å². The summed E-state index contributed by atoms with van der Waals surface area (Å²) in [5.74, 6) is 0. The average molecular weight is 459 g/mol. The molecule has 2 aromatic heterocycles. The molecule has 0 radical (unpaired) electrons. The summed E-state index contributed by atoms with van der Waals surface area (Å²) in [6, 6.07) is 18.1. The van der Waals surface area contributed by atoms with Crippen LogP contribution in [-0.4, -0.2) is 14.7 Å². The normalized spacial score (nSPS) is 21.4. The van der Waals surface area contributed by atoms with E-state index < -0.39 is 0 Å². The predicted octanol–water partition coefficient (Wildman–Crippen LogP) is 6.74. The van der Waals surface area contributed by atoms with Crippen molar-refractivity contribution in [3.63, 3.8) is 0 Å². The Kier molecular flexibility index (Phi) is 6.24. The van der Waals surface area contributed by atoms with Gasteiger partial charge in [-0.05, 0) is 86.8 Å². The van der Waals surface area contributed by atoms with Crippen molar-refractivity contribution in [1.82, 2.24) is 14.9 Å². The van der Waals surface area contributed by atoms with Gasteiger partial charge in [0.1, 0.15) is 0 Å². The SMILES string of the molecule is CCc1ccc(N2C(=S)NC(c3ccccn3)C2c2cc(C)n(C3CCCCC3)c2C)cc1. The van der Waals surface area contributed by atoms with E-state index in [-0.39, 0.29) is 12.1 Å². The number of rotatable bonds is 5. The van der Waals surface area contributed by atoms with E-state index in [0.29, 0.717) is 6.04 Å². The molecule has 3 aromatic rings. The molecule has 2 atom stereocenters. The summed E-state index contributed by atoms with van der Waals surface area (Å²) in [7, 11) is 0. The van der Waals surface area contributed by atoms with Gasteiger partial charge in [0.2, 0.25) is 0 Å². The molecular weight excluding hydrogens is 424 g/mol. The van der Waals surface area contributed by atoms with E-state index in [1.165, 1.54) is 54.6 Å². The van der Waals surface area contributed by atoms with Crippen LogP contribution >= 0.6 is 12.2 Å². The van der Waals surface area contributed by atoms with Crippen LogP contribution in [0.2, 0.25) is 0 Å². The van der Waals surface area contributed by atoms with Gasteiger partial charge in [0.15, 0.2) is 5.11 Å². The fraction of sp³-hybridized carbons (Fsp3) is 0.429. The van der Waals surface area contributed by atoms with Crippen LogP contribution in [-0.2, 0) is 6.42 Å². The molecule has 2 unspecified atom stereocenters. The Morgan fingerprint density at radius 2 is 1.79 bits per heavy atom. The first-order valence-corrected chi connectivity index (χ1v) is 12.8. The highest BCUT2D eigenvalue weighted by Crippen LogP contribution is 2.44. The standard InChI is InChI=1S/C28H34N4S/c1-4-21-13-15-23(16-14-21)32-27(26(30-28(32)33)25-12-8-9-17-29-25)24-18-19(2)31(20(24)3)22-10-6-5-7-11-22/h8-9,12-18,22,26-27H,4-7,10-11H2,1-3H3,(H,30,33). The van der Waals surface area contributed by atoms with Crippen molar-refractivity contribution in [2.24, 2.45) is 0 Å². The summed E-state index contributed by atoms with van der Waals surface area (Å²) in [5, 5.41) is 4.38. The molecule has 5 rings (SSSR count). The molecule has 0 spiro atoms. The van der Waals surface area contributed by atoms with Gasteiger partial charge in [0.25, 0.3) is 0 Å². The molecule has 1 saturated carbocycles. The van der Waals surface area contributed by atoms with E-state index in [1.807, 2.05) is 12.3 Å². The molecule has 1 saturated heterocycles. The Morgan fingerprint density at radius 3 is 2.45 bits per heavy atom. The highest BCUT2D eigenvalue weighted by molar-refractivity contribution is 7.80. The van der Waals surface area contributed by atoms with Crippen LogP contribution in [0.5, 0.6) is 0 Å². The minimum Gasteiger partial charge on any atom is -0.351 e. The van der Waals surface area contributed by atoms with Crippen molar-refractivity contribution < 1.29 is 0 Å². The van der Waals surface area contributed by atoms with Gasteiger partial charge < -0.3 is 14.8 Å². The number of aryl methyl sites for hydroxylation is 2. The zero-order valence-corrected chi connectivity index (χ0v) is 20.7. The molecule has 5 heteroatoms. The Hall–Kier alpha value is -2.66. The summed E-state index contributed by atoms with van der Waals surface area (Å²) in [6.07, 6.45) is 9.50. The third-order valence-electron chi connectivity index (χ3n) is 7.50. The number of aromatic nitrogens is 2. The molecule has 1 aliphatic carbocycles. The molecule has 2 aliphatic rings.